The Balaban J connectivity index is 1.53. The summed E-state index contributed by atoms with van der Waals surface area (Å²) in [6, 6.07) is 9.53. The van der Waals surface area contributed by atoms with Crippen molar-refractivity contribution in [1.82, 2.24) is 25.2 Å². The number of carbonyl (C=O) groups is 2. The Labute approximate surface area is 186 Å². The van der Waals surface area contributed by atoms with Crippen molar-refractivity contribution in [3.63, 3.8) is 0 Å². The fourth-order valence-corrected chi connectivity index (χ4v) is 4.12. The predicted molar refractivity (Wildman–Crippen MR) is 116 cm³/mol. The molecule has 2 atom stereocenters. The zero-order valence-corrected chi connectivity index (χ0v) is 18.4. The molecule has 0 unspecified atom stereocenters. The van der Waals surface area contributed by atoms with E-state index in [2.05, 4.69) is 52.6 Å². The smallest absolute Gasteiger partial charge is 0.360 e. The average Bonchev–Trinajstić information content (AvgIpc) is 3.54. The third-order valence-corrected chi connectivity index (χ3v) is 5.85. The standard InChI is InChI=1S/C23H27N5O4/c1-15-6-7-17(16(2)9-15)12-27-13-18(28-14-20(25-26-28)23(30)31-3)10-21(27)22(29)24-11-19-5-4-8-32-19/h4-9,14,18,21H,10-13H2,1-3H3,(H,24,29)/t18-,21-/m0/s1. The van der Waals surface area contributed by atoms with Gasteiger partial charge in [0.1, 0.15) is 5.76 Å². The van der Waals surface area contributed by atoms with Crippen LogP contribution < -0.4 is 5.32 Å². The van der Waals surface area contributed by atoms with E-state index < -0.39 is 5.97 Å². The maximum absolute atomic E-state index is 13.1. The Morgan fingerprint density at radius 3 is 2.84 bits per heavy atom. The average molecular weight is 438 g/mol. The van der Waals surface area contributed by atoms with Crippen molar-refractivity contribution >= 4 is 11.9 Å². The molecule has 1 aliphatic rings. The minimum atomic E-state index is -0.533. The number of amides is 1. The number of esters is 1. The van der Waals surface area contributed by atoms with Gasteiger partial charge in [0.2, 0.25) is 5.91 Å². The van der Waals surface area contributed by atoms with E-state index in [0.29, 0.717) is 31.8 Å². The first-order valence-electron chi connectivity index (χ1n) is 10.5. The second-order valence-corrected chi connectivity index (χ2v) is 8.14. The molecule has 9 heteroatoms. The number of furan rings is 1. The molecule has 1 N–H and O–H groups in total. The van der Waals surface area contributed by atoms with Crippen molar-refractivity contribution in [3.8, 4) is 0 Å². The van der Waals surface area contributed by atoms with Crippen molar-refractivity contribution in [2.75, 3.05) is 13.7 Å². The van der Waals surface area contributed by atoms with Crippen LogP contribution in [0.4, 0.5) is 0 Å². The van der Waals surface area contributed by atoms with E-state index >= 15 is 0 Å². The summed E-state index contributed by atoms with van der Waals surface area (Å²) in [7, 11) is 1.31. The van der Waals surface area contributed by atoms with Crippen LogP contribution in [-0.4, -0.2) is 51.5 Å². The molecule has 1 aromatic carbocycles. The van der Waals surface area contributed by atoms with Gasteiger partial charge in [0.25, 0.3) is 0 Å². The van der Waals surface area contributed by atoms with Crippen molar-refractivity contribution in [2.45, 2.75) is 45.4 Å². The number of nitrogens with one attached hydrogen (secondary N) is 1. The van der Waals surface area contributed by atoms with E-state index in [4.69, 9.17) is 9.15 Å². The van der Waals surface area contributed by atoms with Crippen LogP contribution in [0.3, 0.4) is 0 Å². The number of benzene rings is 1. The van der Waals surface area contributed by atoms with Crippen molar-refractivity contribution in [2.24, 2.45) is 0 Å². The molecule has 0 saturated carbocycles. The van der Waals surface area contributed by atoms with Gasteiger partial charge in [0, 0.05) is 13.1 Å². The van der Waals surface area contributed by atoms with Gasteiger partial charge in [-0.3, -0.25) is 9.69 Å². The molecule has 2 aromatic heterocycles. The Bertz CT molecular complexity index is 1090. The summed E-state index contributed by atoms with van der Waals surface area (Å²) < 4.78 is 11.7. The lowest BCUT2D eigenvalue weighted by Crippen LogP contribution is -2.42. The van der Waals surface area contributed by atoms with Gasteiger partial charge in [-0.15, -0.1) is 5.10 Å². The monoisotopic (exact) mass is 437 g/mol. The molecule has 0 radical (unpaired) electrons. The summed E-state index contributed by atoms with van der Waals surface area (Å²) in [5, 5.41) is 11.0. The number of aromatic nitrogens is 3. The molecule has 0 aliphatic carbocycles. The zero-order chi connectivity index (χ0) is 22.7. The Kier molecular flexibility index (Phi) is 6.36. The lowest BCUT2D eigenvalue weighted by molar-refractivity contribution is -0.125. The van der Waals surface area contributed by atoms with Gasteiger partial charge in [-0.25, -0.2) is 9.48 Å². The number of hydrogen-bond donors (Lipinski definition) is 1. The SMILES string of the molecule is COC(=O)c1cn([C@H]2C[C@@H](C(=O)NCc3ccco3)N(Cc3ccc(C)cc3C)C2)nn1. The first-order valence-corrected chi connectivity index (χ1v) is 10.5. The van der Waals surface area contributed by atoms with Crippen molar-refractivity contribution in [3.05, 3.63) is 70.9 Å². The molecule has 3 aromatic rings. The molecule has 9 nitrogen and oxygen atoms in total. The normalized spacial score (nSPS) is 18.6. The summed E-state index contributed by atoms with van der Waals surface area (Å²) in [4.78, 5) is 27.0. The van der Waals surface area contributed by atoms with Gasteiger partial charge < -0.3 is 14.5 Å². The maximum Gasteiger partial charge on any atom is 0.360 e. The summed E-state index contributed by atoms with van der Waals surface area (Å²) in [5.41, 5.74) is 3.72. The highest BCUT2D eigenvalue weighted by Gasteiger charge is 2.38. The van der Waals surface area contributed by atoms with Crippen LogP contribution in [0, 0.1) is 13.8 Å². The molecule has 0 spiro atoms. The highest BCUT2D eigenvalue weighted by atomic mass is 16.5. The molecule has 1 amide bonds. The molecule has 3 heterocycles. The summed E-state index contributed by atoms with van der Waals surface area (Å²) in [5.74, 6) is 0.101. The summed E-state index contributed by atoms with van der Waals surface area (Å²) in [6.45, 7) is 5.73. The number of hydrogen-bond acceptors (Lipinski definition) is 7. The number of carbonyl (C=O) groups excluding carboxylic acids is 2. The maximum atomic E-state index is 13.1. The molecule has 1 saturated heterocycles. The van der Waals surface area contributed by atoms with Crippen LogP contribution in [0.25, 0.3) is 0 Å². The van der Waals surface area contributed by atoms with Crippen LogP contribution in [0.5, 0.6) is 0 Å². The van der Waals surface area contributed by atoms with E-state index in [1.165, 1.54) is 23.8 Å². The van der Waals surface area contributed by atoms with E-state index in [0.717, 1.165) is 0 Å². The summed E-state index contributed by atoms with van der Waals surface area (Å²) in [6.07, 6.45) is 3.72. The first-order chi connectivity index (χ1) is 15.4. The number of methoxy groups -OCH3 is 1. The Hall–Kier alpha value is -3.46. The Morgan fingerprint density at radius 1 is 1.28 bits per heavy atom. The lowest BCUT2D eigenvalue weighted by atomic mass is 10.0. The topological polar surface area (TPSA) is 102 Å². The van der Waals surface area contributed by atoms with Crippen LogP contribution >= 0.6 is 0 Å². The predicted octanol–water partition coefficient (Wildman–Crippen LogP) is 2.41. The van der Waals surface area contributed by atoms with Crippen molar-refractivity contribution in [1.29, 1.82) is 0 Å². The molecule has 1 aliphatic heterocycles. The lowest BCUT2D eigenvalue weighted by Gasteiger charge is -2.24. The molecule has 0 bridgehead atoms. The van der Waals surface area contributed by atoms with Crippen LogP contribution in [-0.2, 0) is 22.6 Å². The van der Waals surface area contributed by atoms with Crippen LogP contribution in [0.1, 0.15) is 45.4 Å². The molecular formula is C23H27N5O4. The number of aryl methyl sites for hydroxylation is 2. The zero-order valence-electron chi connectivity index (χ0n) is 18.4. The van der Waals surface area contributed by atoms with Gasteiger partial charge in [-0.05, 0) is 43.5 Å². The minimum Gasteiger partial charge on any atom is -0.467 e. The molecule has 168 valence electrons. The van der Waals surface area contributed by atoms with E-state index in [1.807, 2.05) is 6.07 Å². The molecule has 32 heavy (non-hydrogen) atoms. The molecular weight excluding hydrogens is 410 g/mol. The minimum absolute atomic E-state index is 0.0676. The molecule has 1 fully saturated rings. The Morgan fingerprint density at radius 2 is 2.12 bits per heavy atom. The fraction of sp³-hybridized carbons (Fsp3) is 0.391. The van der Waals surface area contributed by atoms with Gasteiger partial charge in [0.15, 0.2) is 5.69 Å². The van der Waals surface area contributed by atoms with E-state index in [1.54, 1.807) is 23.2 Å². The first kappa shape index (κ1) is 21.8. The number of likely N-dealkylation sites (tertiary alicyclic amines) is 1. The quantitative estimate of drug-likeness (QED) is 0.566. The van der Waals surface area contributed by atoms with E-state index in [-0.39, 0.29) is 23.7 Å². The largest absolute Gasteiger partial charge is 0.467 e. The van der Waals surface area contributed by atoms with Gasteiger partial charge in [0.05, 0.1) is 38.2 Å². The number of ether oxygens (including phenoxy) is 1. The third-order valence-electron chi connectivity index (χ3n) is 5.85. The second-order valence-electron chi connectivity index (χ2n) is 8.14. The highest BCUT2D eigenvalue weighted by molar-refractivity contribution is 5.86. The van der Waals surface area contributed by atoms with Crippen molar-refractivity contribution < 1.29 is 18.7 Å². The van der Waals surface area contributed by atoms with Crippen LogP contribution in [0.15, 0.2) is 47.2 Å². The fourth-order valence-electron chi connectivity index (χ4n) is 4.12. The van der Waals surface area contributed by atoms with E-state index in [9.17, 15) is 9.59 Å². The second kappa shape index (κ2) is 9.35. The highest BCUT2D eigenvalue weighted by Crippen LogP contribution is 2.29. The number of nitrogens with zero attached hydrogens (tertiary/aromatic N) is 4. The van der Waals surface area contributed by atoms with Gasteiger partial charge in [-0.2, -0.15) is 0 Å². The number of rotatable bonds is 7. The molecule has 4 rings (SSSR count). The van der Waals surface area contributed by atoms with Crippen LogP contribution in [0.2, 0.25) is 0 Å². The third kappa shape index (κ3) is 4.72. The van der Waals surface area contributed by atoms with Gasteiger partial charge in [-0.1, -0.05) is 29.0 Å². The van der Waals surface area contributed by atoms with Gasteiger partial charge >= 0.3 is 5.97 Å². The summed E-state index contributed by atoms with van der Waals surface area (Å²) >= 11 is 0.